The quantitative estimate of drug-likeness (QED) is 0.647. The van der Waals surface area contributed by atoms with Gasteiger partial charge in [0.05, 0.1) is 17.9 Å². The number of halogens is 3. The maximum absolute atomic E-state index is 12.7. The Kier molecular flexibility index (Phi) is 8.15. The molecular weight excluding hydrogens is 397 g/mol. The number of nitrogens with two attached hydrogens (primary N) is 1. The lowest BCUT2D eigenvalue weighted by Gasteiger charge is -2.11. The van der Waals surface area contributed by atoms with E-state index in [1.165, 1.54) is 6.07 Å². The van der Waals surface area contributed by atoms with Crippen molar-refractivity contribution in [1.29, 1.82) is 0 Å². The van der Waals surface area contributed by atoms with Crippen LogP contribution in [-0.2, 0) is 27.6 Å². The number of hydrogen-bond donors (Lipinski definition) is 3. The van der Waals surface area contributed by atoms with E-state index in [2.05, 4.69) is 5.32 Å². The van der Waals surface area contributed by atoms with Gasteiger partial charge in [0.2, 0.25) is 5.91 Å². The number of amides is 1. The van der Waals surface area contributed by atoms with Crippen LogP contribution in [0.1, 0.15) is 18.1 Å². The summed E-state index contributed by atoms with van der Waals surface area (Å²) in [5.41, 5.74) is 6.60. The van der Waals surface area contributed by atoms with Crippen LogP contribution in [0.5, 0.6) is 0 Å². The highest BCUT2D eigenvalue weighted by atomic mass is 32.2. The molecule has 0 aromatic heterocycles. The molecule has 2 rings (SSSR count). The molecule has 0 radical (unpaired) electrons. The van der Waals surface area contributed by atoms with Crippen LogP contribution >= 0.6 is 0 Å². The van der Waals surface area contributed by atoms with Crippen LogP contribution in [0.25, 0.3) is 11.1 Å². The van der Waals surface area contributed by atoms with Crippen molar-refractivity contribution in [3.8, 4) is 11.1 Å². The second-order valence-electron chi connectivity index (χ2n) is 6.01. The molecule has 1 amide bonds. The van der Waals surface area contributed by atoms with Crippen LogP contribution in [-0.4, -0.2) is 31.2 Å². The molecule has 2 aromatic rings. The number of benzene rings is 2. The van der Waals surface area contributed by atoms with Crippen LogP contribution in [0.4, 0.5) is 13.2 Å². The molecule has 6 nitrogen and oxygen atoms in total. The first-order valence-electron chi connectivity index (χ1n) is 7.99. The average molecular weight is 418 g/mol. The Hall–Kier alpha value is -2.43. The normalized spacial score (nSPS) is 12.6. The summed E-state index contributed by atoms with van der Waals surface area (Å²) >= 11 is 0. The number of alkyl halides is 3. The van der Waals surface area contributed by atoms with Crippen LogP contribution in [0.15, 0.2) is 48.5 Å². The van der Waals surface area contributed by atoms with E-state index in [4.69, 9.17) is 10.3 Å². The number of carbonyl (C=O) groups is 1. The van der Waals surface area contributed by atoms with Crippen molar-refractivity contribution in [1.82, 2.24) is 5.32 Å². The van der Waals surface area contributed by atoms with Crippen molar-refractivity contribution in [3.05, 3.63) is 59.7 Å². The van der Waals surface area contributed by atoms with Gasteiger partial charge in [-0.2, -0.15) is 21.6 Å². The minimum atomic E-state index is -4.36. The van der Waals surface area contributed by atoms with Gasteiger partial charge in [0.15, 0.2) is 0 Å². The van der Waals surface area contributed by atoms with Gasteiger partial charge in [-0.15, -0.1) is 0 Å². The lowest BCUT2D eigenvalue weighted by molar-refractivity contribution is -0.137. The van der Waals surface area contributed by atoms with Crippen LogP contribution in [0.3, 0.4) is 0 Å². The predicted molar refractivity (Wildman–Crippen MR) is 99.8 cm³/mol. The fourth-order valence-corrected chi connectivity index (χ4v) is 2.06. The molecule has 0 aliphatic rings. The van der Waals surface area contributed by atoms with Gasteiger partial charge < -0.3 is 11.1 Å². The molecule has 0 saturated carbocycles. The molecule has 0 heterocycles. The van der Waals surface area contributed by atoms with Gasteiger partial charge in [-0.25, -0.2) is 0 Å². The molecule has 0 saturated heterocycles. The zero-order chi connectivity index (χ0) is 21.5. The third-order valence-electron chi connectivity index (χ3n) is 3.52. The Morgan fingerprint density at radius 3 is 2.14 bits per heavy atom. The monoisotopic (exact) mass is 418 g/mol. The van der Waals surface area contributed by atoms with E-state index in [9.17, 15) is 26.4 Å². The second kappa shape index (κ2) is 9.67. The SMILES string of the molecule is CC(NCc1ccc(-c2cccc(C(F)(F)F)c2)cc1)C(N)=O.CS(=O)(=O)O. The minimum Gasteiger partial charge on any atom is -0.368 e. The molecule has 2 aromatic carbocycles. The van der Waals surface area contributed by atoms with Gasteiger partial charge in [0, 0.05) is 6.54 Å². The summed E-state index contributed by atoms with van der Waals surface area (Å²) < 4.78 is 64.1. The lowest BCUT2D eigenvalue weighted by Crippen LogP contribution is -2.38. The summed E-state index contributed by atoms with van der Waals surface area (Å²) in [6.07, 6.45) is -3.64. The Morgan fingerprint density at radius 2 is 1.68 bits per heavy atom. The van der Waals surface area contributed by atoms with Gasteiger partial charge in [0.25, 0.3) is 10.1 Å². The zero-order valence-electron chi connectivity index (χ0n) is 15.2. The van der Waals surface area contributed by atoms with Crippen molar-refractivity contribution < 1.29 is 30.9 Å². The van der Waals surface area contributed by atoms with Crippen molar-refractivity contribution in [3.63, 3.8) is 0 Å². The lowest BCUT2D eigenvalue weighted by atomic mass is 10.0. The Bertz CT molecular complexity index is 890. The van der Waals surface area contributed by atoms with Crippen LogP contribution in [0.2, 0.25) is 0 Å². The number of hydrogen-bond acceptors (Lipinski definition) is 4. The highest BCUT2D eigenvalue weighted by molar-refractivity contribution is 7.85. The molecule has 0 bridgehead atoms. The summed E-state index contributed by atoms with van der Waals surface area (Å²) in [6.45, 7) is 2.12. The number of rotatable bonds is 5. The number of primary amides is 1. The summed E-state index contributed by atoms with van der Waals surface area (Å²) in [7, 11) is -3.67. The van der Waals surface area contributed by atoms with Crippen molar-refractivity contribution in [2.45, 2.75) is 25.7 Å². The molecule has 0 spiro atoms. The highest BCUT2D eigenvalue weighted by Crippen LogP contribution is 2.32. The molecule has 1 atom stereocenters. The summed E-state index contributed by atoms with van der Waals surface area (Å²) in [6, 6.07) is 11.9. The van der Waals surface area contributed by atoms with Gasteiger partial charge in [-0.3, -0.25) is 9.35 Å². The Labute approximate surface area is 161 Å². The molecule has 4 N–H and O–H groups in total. The fourth-order valence-electron chi connectivity index (χ4n) is 2.06. The summed E-state index contributed by atoms with van der Waals surface area (Å²) in [4.78, 5) is 10.9. The van der Waals surface area contributed by atoms with Crippen molar-refractivity contribution in [2.24, 2.45) is 5.73 Å². The van der Waals surface area contributed by atoms with E-state index in [1.807, 2.05) is 0 Å². The first-order chi connectivity index (χ1) is 12.8. The molecule has 28 heavy (non-hydrogen) atoms. The van der Waals surface area contributed by atoms with Gasteiger partial charge in [-0.1, -0.05) is 36.4 Å². The average Bonchev–Trinajstić information content (AvgIpc) is 2.58. The van der Waals surface area contributed by atoms with Gasteiger partial charge >= 0.3 is 6.18 Å². The Morgan fingerprint density at radius 1 is 1.14 bits per heavy atom. The number of carbonyl (C=O) groups excluding carboxylic acids is 1. The maximum Gasteiger partial charge on any atom is 0.416 e. The summed E-state index contributed by atoms with van der Waals surface area (Å²) in [5, 5.41) is 2.96. The molecule has 0 aliphatic heterocycles. The topological polar surface area (TPSA) is 109 Å². The van der Waals surface area contributed by atoms with E-state index < -0.39 is 33.8 Å². The van der Waals surface area contributed by atoms with E-state index in [0.29, 0.717) is 23.9 Å². The van der Waals surface area contributed by atoms with Gasteiger partial charge in [0.1, 0.15) is 0 Å². The van der Waals surface area contributed by atoms with E-state index in [1.54, 1.807) is 37.3 Å². The van der Waals surface area contributed by atoms with E-state index in [0.717, 1.165) is 17.7 Å². The minimum absolute atomic E-state index is 0.439. The largest absolute Gasteiger partial charge is 0.416 e. The predicted octanol–water partition coefficient (Wildman–Crippen LogP) is 2.84. The maximum atomic E-state index is 12.7. The summed E-state index contributed by atoms with van der Waals surface area (Å²) in [5.74, 6) is -0.439. The van der Waals surface area contributed by atoms with Crippen LogP contribution in [0, 0.1) is 0 Å². The molecule has 10 heteroatoms. The Balaban J connectivity index is 0.000000696. The zero-order valence-corrected chi connectivity index (χ0v) is 16.0. The molecule has 0 fully saturated rings. The molecule has 1 unspecified atom stereocenters. The van der Waals surface area contributed by atoms with Gasteiger partial charge in [-0.05, 0) is 35.7 Å². The first-order valence-corrected chi connectivity index (χ1v) is 9.84. The third-order valence-corrected chi connectivity index (χ3v) is 3.52. The molecule has 154 valence electrons. The molecule has 0 aliphatic carbocycles. The second-order valence-corrected chi connectivity index (χ2v) is 7.48. The smallest absolute Gasteiger partial charge is 0.368 e. The van der Waals surface area contributed by atoms with Crippen molar-refractivity contribution >= 4 is 16.0 Å². The standard InChI is InChI=1S/C17H17F3N2O.CH4O3S/c1-11(16(21)23)22-10-12-5-7-13(8-6-12)14-3-2-4-15(9-14)17(18,19)20;1-5(2,3)4/h2-9,11,22H,10H2,1H3,(H2,21,23);1H3,(H,2,3,4). The van der Waals surface area contributed by atoms with Crippen LogP contribution < -0.4 is 11.1 Å². The fraction of sp³-hybridized carbons (Fsp3) is 0.278. The van der Waals surface area contributed by atoms with E-state index in [-0.39, 0.29) is 0 Å². The van der Waals surface area contributed by atoms with E-state index >= 15 is 0 Å². The first kappa shape index (κ1) is 23.6. The highest BCUT2D eigenvalue weighted by Gasteiger charge is 2.30. The number of nitrogens with one attached hydrogen (secondary N) is 1. The van der Waals surface area contributed by atoms with Crippen molar-refractivity contribution in [2.75, 3.05) is 6.26 Å². The third kappa shape index (κ3) is 8.98. The molecular formula is C18H21F3N2O4S.